The van der Waals surface area contributed by atoms with Crippen molar-refractivity contribution in [3.8, 4) is 5.75 Å². The molecule has 9 nitrogen and oxygen atoms in total. The fourth-order valence-electron chi connectivity index (χ4n) is 4.20. The molecule has 1 N–H and O–H groups in total. The minimum Gasteiger partial charge on any atom is -0.497 e. The molecule has 0 saturated heterocycles. The van der Waals surface area contributed by atoms with Gasteiger partial charge in [0.1, 0.15) is 11.8 Å². The number of carbonyl (C=O) groups excluding carboxylic acids is 2. The number of methoxy groups -OCH3 is 1. The Kier molecular flexibility index (Phi) is 5.52. The van der Waals surface area contributed by atoms with E-state index in [4.69, 9.17) is 9.72 Å². The molecule has 5 rings (SSSR count). The molecule has 3 heterocycles. The highest BCUT2D eigenvalue weighted by Crippen LogP contribution is 2.36. The quantitative estimate of drug-likeness (QED) is 0.450. The summed E-state index contributed by atoms with van der Waals surface area (Å²) < 4.78 is 9.02. The third-order valence-corrected chi connectivity index (χ3v) is 5.79. The van der Waals surface area contributed by atoms with Crippen LogP contribution in [0.5, 0.6) is 5.75 Å². The van der Waals surface area contributed by atoms with E-state index in [1.165, 1.54) is 0 Å². The number of hydrogen-bond acceptors (Lipinski definition) is 5. The lowest BCUT2D eigenvalue weighted by Crippen LogP contribution is -2.32. The van der Waals surface area contributed by atoms with Gasteiger partial charge >= 0.3 is 0 Å². The van der Waals surface area contributed by atoms with Crippen LogP contribution in [0.25, 0.3) is 11.0 Å². The van der Waals surface area contributed by atoms with E-state index in [1.807, 2.05) is 39.6 Å². The number of nitrogens with zero attached hydrogens (tertiary/aromatic N) is 5. The number of para-hydroxylation sites is 2. The summed E-state index contributed by atoms with van der Waals surface area (Å²) in [6.07, 6.45) is 6.16. The minimum atomic E-state index is -0.640. The van der Waals surface area contributed by atoms with Crippen LogP contribution in [0.2, 0.25) is 0 Å². The molecule has 2 aromatic carbocycles. The van der Waals surface area contributed by atoms with Crippen molar-refractivity contribution in [1.29, 1.82) is 0 Å². The predicted octanol–water partition coefficient (Wildman–Crippen LogP) is 3.25. The van der Waals surface area contributed by atoms with Gasteiger partial charge in [-0.1, -0.05) is 12.1 Å². The molecule has 0 saturated carbocycles. The van der Waals surface area contributed by atoms with E-state index in [0.717, 1.165) is 24.0 Å². The molecule has 0 unspecified atom stereocenters. The second-order valence-electron chi connectivity index (χ2n) is 7.91. The number of aryl methyl sites for hydroxylation is 1. The lowest BCUT2D eigenvalue weighted by atomic mass is 10.1. The number of fused-ring (bicyclic) bond motifs is 3. The Labute approximate surface area is 190 Å². The van der Waals surface area contributed by atoms with Gasteiger partial charge in [-0.2, -0.15) is 0 Å². The van der Waals surface area contributed by atoms with Crippen LogP contribution in [0.1, 0.15) is 18.9 Å². The van der Waals surface area contributed by atoms with Crippen LogP contribution in [-0.2, 0) is 16.1 Å². The number of rotatable bonds is 8. The second kappa shape index (κ2) is 8.78. The van der Waals surface area contributed by atoms with E-state index in [-0.39, 0.29) is 18.2 Å². The normalized spacial score (nSPS) is 15.1. The fourth-order valence-corrected chi connectivity index (χ4v) is 4.20. The van der Waals surface area contributed by atoms with Gasteiger partial charge in [0.25, 0.3) is 5.91 Å². The number of carbonyl (C=O) groups is 2. The molecule has 0 radical (unpaired) electrons. The van der Waals surface area contributed by atoms with Crippen LogP contribution < -0.4 is 15.0 Å². The molecule has 0 bridgehead atoms. The molecule has 0 aliphatic carbocycles. The van der Waals surface area contributed by atoms with Crippen LogP contribution in [-0.4, -0.2) is 44.6 Å². The third-order valence-electron chi connectivity index (χ3n) is 5.79. The van der Waals surface area contributed by atoms with Crippen molar-refractivity contribution in [3.05, 3.63) is 67.3 Å². The van der Waals surface area contributed by atoms with E-state index in [9.17, 15) is 9.59 Å². The number of ether oxygens (including phenoxy) is 1. The maximum atomic E-state index is 13.4. The van der Waals surface area contributed by atoms with Crippen LogP contribution in [0.4, 0.5) is 11.6 Å². The summed E-state index contributed by atoms with van der Waals surface area (Å²) in [6.45, 7) is 1.25. The number of nitrogens with one attached hydrogen (secondary N) is 1. The molecule has 2 aromatic heterocycles. The number of aromatic nitrogens is 4. The fraction of sp³-hybridized carbons (Fsp3) is 0.250. The maximum absolute atomic E-state index is 13.4. The van der Waals surface area contributed by atoms with Crippen molar-refractivity contribution >= 4 is 34.5 Å². The summed E-state index contributed by atoms with van der Waals surface area (Å²) in [5.74, 6) is 0.954. The van der Waals surface area contributed by atoms with Gasteiger partial charge in [0.15, 0.2) is 0 Å². The van der Waals surface area contributed by atoms with Gasteiger partial charge < -0.3 is 14.6 Å². The van der Waals surface area contributed by atoms with Crippen molar-refractivity contribution in [2.45, 2.75) is 25.4 Å². The largest absolute Gasteiger partial charge is 0.497 e. The SMILES string of the molecule is COc1ccc(NC(=O)C[C@@H]2C(=O)N(CCCn3ccnc3)c3nc4ccccc4n32)cc1. The summed E-state index contributed by atoms with van der Waals surface area (Å²) in [5.41, 5.74) is 2.31. The highest BCUT2D eigenvalue weighted by atomic mass is 16.5. The van der Waals surface area contributed by atoms with Gasteiger partial charge in [0.2, 0.25) is 11.9 Å². The zero-order valence-corrected chi connectivity index (χ0v) is 18.2. The van der Waals surface area contributed by atoms with Crippen LogP contribution in [0, 0.1) is 0 Å². The molecule has 168 valence electrons. The van der Waals surface area contributed by atoms with Gasteiger partial charge in [-0.25, -0.2) is 9.97 Å². The molecular weight excluding hydrogens is 420 g/mol. The Morgan fingerprint density at radius 1 is 1.12 bits per heavy atom. The van der Waals surface area contributed by atoms with E-state index in [2.05, 4.69) is 10.3 Å². The molecule has 4 aromatic rings. The number of hydrogen-bond donors (Lipinski definition) is 1. The molecule has 2 amide bonds. The Morgan fingerprint density at radius 2 is 1.94 bits per heavy atom. The summed E-state index contributed by atoms with van der Waals surface area (Å²) in [4.78, 5) is 36.7. The molecule has 1 atom stereocenters. The zero-order chi connectivity index (χ0) is 22.8. The first-order chi connectivity index (χ1) is 16.1. The maximum Gasteiger partial charge on any atom is 0.253 e. The summed E-state index contributed by atoms with van der Waals surface area (Å²) in [6, 6.07) is 14.1. The van der Waals surface area contributed by atoms with Gasteiger partial charge in [0, 0.05) is 31.2 Å². The van der Waals surface area contributed by atoms with Gasteiger partial charge in [-0.3, -0.25) is 19.1 Å². The van der Waals surface area contributed by atoms with E-state index < -0.39 is 6.04 Å². The summed E-state index contributed by atoms with van der Waals surface area (Å²) >= 11 is 0. The highest BCUT2D eigenvalue weighted by molar-refractivity contribution is 6.05. The molecule has 0 spiro atoms. The zero-order valence-electron chi connectivity index (χ0n) is 18.2. The standard InChI is InChI=1S/C24H24N6O3/c1-33-18-9-7-17(8-10-18)26-22(31)15-21-23(32)29(13-4-12-28-14-11-25-16-28)24-27-19-5-2-3-6-20(19)30(21)24/h2-3,5-11,14,16,21H,4,12-13,15H2,1H3,(H,26,31)/t21-/m1/s1. The lowest BCUT2D eigenvalue weighted by Gasteiger charge is -2.16. The van der Waals surface area contributed by atoms with Crippen molar-refractivity contribution < 1.29 is 14.3 Å². The molecule has 9 heteroatoms. The smallest absolute Gasteiger partial charge is 0.253 e. The minimum absolute atomic E-state index is 0.0240. The second-order valence-corrected chi connectivity index (χ2v) is 7.91. The molecule has 33 heavy (non-hydrogen) atoms. The average Bonchev–Trinajstić information content (AvgIpc) is 3.53. The monoisotopic (exact) mass is 444 g/mol. The number of amides is 2. The van der Waals surface area contributed by atoms with E-state index >= 15 is 0 Å². The first kappa shape index (κ1) is 20.7. The lowest BCUT2D eigenvalue weighted by molar-refractivity contribution is -0.124. The predicted molar refractivity (Wildman–Crippen MR) is 124 cm³/mol. The van der Waals surface area contributed by atoms with Gasteiger partial charge in [-0.15, -0.1) is 0 Å². The Bertz CT molecular complexity index is 1280. The molecule has 0 fully saturated rings. The van der Waals surface area contributed by atoms with Crippen LogP contribution >= 0.6 is 0 Å². The summed E-state index contributed by atoms with van der Waals surface area (Å²) in [5, 5.41) is 2.88. The van der Waals surface area contributed by atoms with Crippen molar-refractivity contribution in [2.75, 3.05) is 23.9 Å². The average molecular weight is 444 g/mol. The number of anilines is 2. The molecule has 1 aliphatic rings. The Balaban J connectivity index is 1.36. The number of benzene rings is 2. The third kappa shape index (κ3) is 4.05. The Morgan fingerprint density at radius 3 is 2.70 bits per heavy atom. The molecular formula is C24H24N6O3. The van der Waals surface area contributed by atoms with Gasteiger partial charge in [0.05, 0.1) is 30.9 Å². The van der Waals surface area contributed by atoms with Gasteiger partial charge in [-0.05, 0) is 42.8 Å². The van der Waals surface area contributed by atoms with E-state index in [0.29, 0.717) is 23.9 Å². The molecule has 1 aliphatic heterocycles. The first-order valence-corrected chi connectivity index (χ1v) is 10.8. The highest BCUT2D eigenvalue weighted by Gasteiger charge is 2.40. The summed E-state index contributed by atoms with van der Waals surface area (Å²) in [7, 11) is 1.59. The Hall–Kier alpha value is -4.14. The first-order valence-electron chi connectivity index (χ1n) is 10.8. The van der Waals surface area contributed by atoms with Crippen molar-refractivity contribution in [3.63, 3.8) is 0 Å². The van der Waals surface area contributed by atoms with Crippen LogP contribution in [0.15, 0.2) is 67.3 Å². The van der Waals surface area contributed by atoms with Crippen molar-refractivity contribution in [2.24, 2.45) is 0 Å². The topological polar surface area (TPSA) is 94.3 Å². The van der Waals surface area contributed by atoms with Crippen LogP contribution in [0.3, 0.4) is 0 Å². The van der Waals surface area contributed by atoms with E-state index in [1.54, 1.807) is 48.8 Å². The van der Waals surface area contributed by atoms with Crippen molar-refractivity contribution in [1.82, 2.24) is 19.1 Å². The number of imidazole rings is 2.